The van der Waals surface area contributed by atoms with Crippen LogP contribution in [0.1, 0.15) is 16.8 Å². The summed E-state index contributed by atoms with van der Waals surface area (Å²) in [6.45, 7) is 1.82. The Balaban J connectivity index is 1.67. The van der Waals surface area contributed by atoms with Crippen LogP contribution in [-0.4, -0.2) is 39.2 Å². The summed E-state index contributed by atoms with van der Waals surface area (Å²) in [6, 6.07) is 19.9. The number of hydrogen-bond donors (Lipinski definition) is 1. The van der Waals surface area contributed by atoms with Crippen LogP contribution < -0.4 is 0 Å². The first-order chi connectivity index (χ1) is 13.3. The molecule has 2 heterocycles. The lowest BCUT2D eigenvalue weighted by Crippen LogP contribution is -2.37. The second-order valence-electron chi connectivity index (χ2n) is 6.60. The molecule has 1 N–H and O–H groups in total. The summed E-state index contributed by atoms with van der Waals surface area (Å²) in [5.74, 6) is 0.110. The van der Waals surface area contributed by atoms with Crippen molar-refractivity contribution in [2.75, 3.05) is 13.1 Å². The smallest absolute Gasteiger partial charge is 0.187 e. The second-order valence-corrected chi connectivity index (χ2v) is 6.60. The molecule has 5 nitrogen and oxygen atoms in total. The van der Waals surface area contributed by atoms with E-state index in [1.807, 2.05) is 72.8 Å². The second kappa shape index (κ2) is 7.93. The fourth-order valence-electron chi connectivity index (χ4n) is 3.25. The van der Waals surface area contributed by atoms with Crippen molar-refractivity contribution in [3.63, 3.8) is 0 Å². The molecule has 0 bridgehead atoms. The molecule has 2 aromatic carbocycles. The highest BCUT2D eigenvalue weighted by molar-refractivity contribution is 6.14. The van der Waals surface area contributed by atoms with E-state index in [1.54, 1.807) is 6.20 Å². The van der Waals surface area contributed by atoms with Crippen LogP contribution in [-0.2, 0) is 11.3 Å². The highest BCUT2D eigenvalue weighted by atomic mass is 16.1. The summed E-state index contributed by atoms with van der Waals surface area (Å²) in [7, 11) is 0. The number of rotatable bonds is 4. The summed E-state index contributed by atoms with van der Waals surface area (Å²) >= 11 is 0. The highest BCUT2D eigenvalue weighted by Gasteiger charge is 2.26. The van der Waals surface area contributed by atoms with Gasteiger partial charge in [0.15, 0.2) is 5.78 Å². The number of aromatic amines is 1. The topological polar surface area (TPSA) is 61.9 Å². The largest absolute Gasteiger partial charge is 0.289 e. The van der Waals surface area contributed by atoms with Gasteiger partial charge in [0.2, 0.25) is 0 Å². The first-order valence-electron chi connectivity index (χ1n) is 8.91. The summed E-state index contributed by atoms with van der Waals surface area (Å²) < 4.78 is 0. The van der Waals surface area contributed by atoms with E-state index >= 15 is 0 Å². The van der Waals surface area contributed by atoms with Gasteiger partial charge in [-0.3, -0.25) is 9.69 Å². The molecule has 3 aromatic rings. The molecule has 0 aliphatic carbocycles. The molecule has 1 fully saturated rings. The van der Waals surface area contributed by atoms with Crippen molar-refractivity contribution in [2.45, 2.75) is 6.54 Å². The van der Waals surface area contributed by atoms with E-state index in [9.17, 15) is 4.79 Å². The van der Waals surface area contributed by atoms with Crippen molar-refractivity contribution in [2.24, 2.45) is 0 Å². The summed E-state index contributed by atoms with van der Waals surface area (Å²) in [5.41, 5.74) is 4.50. The van der Waals surface area contributed by atoms with Gasteiger partial charge in [0.05, 0.1) is 11.9 Å². The first-order valence-corrected chi connectivity index (χ1v) is 8.91. The molecule has 1 aliphatic rings. The number of nitrogens with one attached hydrogen (secondary N) is 1. The van der Waals surface area contributed by atoms with Crippen molar-refractivity contribution < 1.29 is 4.79 Å². The minimum atomic E-state index is 0.110. The fraction of sp³-hybridized carbons (Fsp3) is 0.136. The minimum absolute atomic E-state index is 0.110. The SMILES string of the molecule is O=C1/C(=C/c2ccccc2)CN(Cc2cn[nH]n2)C/C1=C\c1ccccc1. The third-order valence-electron chi connectivity index (χ3n) is 4.50. The van der Waals surface area contributed by atoms with E-state index in [0.29, 0.717) is 19.6 Å². The molecule has 0 radical (unpaired) electrons. The van der Waals surface area contributed by atoms with Gasteiger partial charge in [-0.2, -0.15) is 15.4 Å². The van der Waals surface area contributed by atoms with E-state index in [-0.39, 0.29) is 5.78 Å². The molecule has 1 saturated heterocycles. The van der Waals surface area contributed by atoms with E-state index in [1.165, 1.54) is 0 Å². The van der Waals surface area contributed by atoms with Gasteiger partial charge in [-0.05, 0) is 23.3 Å². The van der Waals surface area contributed by atoms with Gasteiger partial charge in [-0.1, -0.05) is 60.7 Å². The van der Waals surface area contributed by atoms with E-state index in [0.717, 1.165) is 28.0 Å². The number of nitrogens with zero attached hydrogens (tertiary/aromatic N) is 3. The van der Waals surface area contributed by atoms with E-state index in [4.69, 9.17) is 0 Å². The molecule has 0 unspecified atom stereocenters. The maximum atomic E-state index is 13.1. The molecule has 1 aromatic heterocycles. The van der Waals surface area contributed by atoms with Gasteiger partial charge in [0.25, 0.3) is 0 Å². The Morgan fingerprint density at radius 3 is 1.93 bits per heavy atom. The van der Waals surface area contributed by atoms with Crippen LogP contribution in [0.25, 0.3) is 12.2 Å². The minimum Gasteiger partial charge on any atom is -0.289 e. The van der Waals surface area contributed by atoms with Crippen molar-refractivity contribution in [1.29, 1.82) is 0 Å². The van der Waals surface area contributed by atoms with Crippen LogP contribution in [0.2, 0.25) is 0 Å². The van der Waals surface area contributed by atoms with Gasteiger partial charge < -0.3 is 0 Å². The molecule has 1 aliphatic heterocycles. The lowest BCUT2D eigenvalue weighted by Gasteiger charge is -2.29. The zero-order valence-electron chi connectivity index (χ0n) is 14.9. The number of carbonyl (C=O) groups excluding carboxylic acids is 1. The summed E-state index contributed by atoms with van der Waals surface area (Å²) in [5, 5.41) is 10.7. The Morgan fingerprint density at radius 2 is 1.44 bits per heavy atom. The summed E-state index contributed by atoms with van der Waals surface area (Å²) in [4.78, 5) is 15.3. The molecule has 27 heavy (non-hydrogen) atoms. The quantitative estimate of drug-likeness (QED) is 0.728. The number of hydrogen-bond acceptors (Lipinski definition) is 4. The standard InChI is InChI=1S/C22H20N4O/c27-22-19(11-17-7-3-1-4-8-17)14-26(16-21-13-23-25-24-21)15-20(22)12-18-9-5-2-6-10-18/h1-13H,14-16H2,(H,23,24,25)/b19-11+,20-12+. The normalized spacial score (nSPS) is 18.3. The lowest BCUT2D eigenvalue weighted by atomic mass is 9.94. The van der Waals surface area contributed by atoms with Crippen LogP contribution in [0.5, 0.6) is 0 Å². The Kier molecular flexibility index (Phi) is 5.03. The van der Waals surface area contributed by atoms with E-state index < -0.39 is 0 Å². The Morgan fingerprint density at radius 1 is 0.889 bits per heavy atom. The number of piperidine rings is 1. The van der Waals surface area contributed by atoms with Gasteiger partial charge in [-0.25, -0.2) is 0 Å². The number of Topliss-reactive ketones (excluding diaryl/α,β-unsaturated/α-hetero) is 1. The molecule has 0 saturated carbocycles. The molecule has 0 atom stereocenters. The number of ketones is 1. The monoisotopic (exact) mass is 356 g/mol. The van der Waals surface area contributed by atoms with Crippen molar-refractivity contribution in [3.8, 4) is 0 Å². The molecule has 5 heteroatoms. The zero-order valence-corrected chi connectivity index (χ0v) is 14.9. The van der Waals surface area contributed by atoms with Crippen LogP contribution in [0.15, 0.2) is 78.0 Å². The van der Waals surface area contributed by atoms with Gasteiger partial charge >= 0.3 is 0 Å². The number of carbonyl (C=O) groups is 1. The fourth-order valence-corrected chi connectivity index (χ4v) is 3.25. The first kappa shape index (κ1) is 17.1. The Bertz CT molecular complexity index is 899. The number of benzene rings is 2. The molecule has 134 valence electrons. The van der Waals surface area contributed by atoms with Crippen molar-refractivity contribution in [3.05, 3.63) is 94.8 Å². The van der Waals surface area contributed by atoms with Crippen LogP contribution in [0, 0.1) is 0 Å². The Hall–Kier alpha value is -3.31. The Labute approximate surface area is 158 Å². The number of likely N-dealkylation sites (tertiary alicyclic amines) is 1. The van der Waals surface area contributed by atoms with Gasteiger partial charge in [0, 0.05) is 30.8 Å². The predicted molar refractivity (Wildman–Crippen MR) is 106 cm³/mol. The molecule has 4 rings (SSSR count). The summed E-state index contributed by atoms with van der Waals surface area (Å²) in [6.07, 6.45) is 5.68. The van der Waals surface area contributed by atoms with Gasteiger partial charge in [-0.15, -0.1) is 0 Å². The zero-order chi connectivity index (χ0) is 18.5. The number of H-pyrrole nitrogens is 1. The van der Waals surface area contributed by atoms with Crippen LogP contribution >= 0.6 is 0 Å². The van der Waals surface area contributed by atoms with Gasteiger partial charge in [0.1, 0.15) is 0 Å². The van der Waals surface area contributed by atoms with Crippen molar-refractivity contribution in [1.82, 2.24) is 20.3 Å². The maximum Gasteiger partial charge on any atom is 0.187 e. The third-order valence-corrected chi connectivity index (χ3v) is 4.50. The molecular weight excluding hydrogens is 336 g/mol. The third kappa shape index (κ3) is 4.27. The average molecular weight is 356 g/mol. The van der Waals surface area contributed by atoms with Crippen molar-refractivity contribution >= 4 is 17.9 Å². The number of aromatic nitrogens is 3. The average Bonchev–Trinajstić information content (AvgIpc) is 3.20. The molecule has 0 amide bonds. The predicted octanol–water partition coefficient (Wildman–Crippen LogP) is 3.36. The van der Waals surface area contributed by atoms with Crippen LogP contribution in [0.3, 0.4) is 0 Å². The maximum absolute atomic E-state index is 13.1. The highest BCUT2D eigenvalue weighted by Crippen LogP contribution is 2.23. The van der Waals surface area contributed by atoms with Crippen LogP contribution in [0.4, 0.5) is 0 Å². The molecule has 0 spiro atoms. The molecular formula is C22H20N4O. The van der Waals surface area contributed by atoms with E-state index in [2.05, 4.69) is 20.3 Å². The lowest BCUT2D eigenvalue weighted by molar-refractivity contribution is -0.113.